The second kappa shape index (κ2) is 9.89. The van der Waals surface area contributed by atoms with E-state index >= 15 is 0 Å². The molecule has 0 saturated carbocycles. The maximum Gasteiger partial charge on any atom is 0.322 e. The molecule has 28 heavy (non-hydrogen) atoms. The van der Waals surface area contributed by atoms with Gasteiger partial charge in [-0.1, -0.05) is 44.2 Å². The van der Waals surface area contributed by atoms with Crippen LogP contribution in [0.25, 0.3) is 11.0 Å². The van der Waals surface area contributed by atoms with Crippen molar-refractivity contribution in [3.8, 4) is 5.75 Å². The van der Waals surface area contributed by atoms with Gasteiger partial charge in [0, 0.05) is 6.54 Å². The number of hydrogen-bond donors (Lipinski definition) is 2. The van der Waals surface area contributed by atoms with Crippen LogP contribution in [0.1, 0.15) is 29.8 Å². The molecule has 1 amide bonds. The van der Waals surface area contributed by atoms with Crippen molar-refractivity contribution in [2.24, 2.45) is 0 Å². The Morgan fingerprint density at radius 2 is 1.93 bits per heavy atom. The van der Waals surface area contributed by atoms with Crippen LogP contribution in [0.5, 0.6) is 5.75 Å². The molecule has 1 aromatic heterocycles. The maximum atomic E-state index is 12.5. The van der Waals surface area contributed by atoms with Gasteiger partial charge in [0.15, 0.2) is 0 Å². The molecule has 3 rings (SSSR count). The summed E-state index contributed by atoms with van der Waals surface area (Å²) in [7, 11) is 1.45. The van der Waals surface area contributed by atoms with Crippen LogP contribution in [0.4, 0.5) is 0 Å². The zero-order chi connectivity index (χ0) is 20.7. The molecule has 0 saturated heterocycles. The highest BCUT2D eigenvalue weighted by Gasteiger charge is 2.23. The number of fused-ring (bicyclic) bond motifs is 1. The van der Waals surface area contributed by atoms with Crippen LogP contribution in [-0.2, 0) is 11.3 Å². The van der Waals surface area contributed by atoms with Gasteiger partial charge in [-0.05, 0) is 27.6 Å². The van der Waals surface area contributed by atoms with E-state index in [1.807, 2.05) is 54.8 Å². The molecule has 0 radical (unpaired) electrons. The molecule has 0 atom stereocenters. The average molecular weight is 448 g/mol. The Morgan fingerprint density at radius 3 is 2.54 bits per heavy atom. The number of amides is 1. The summed E-state index contributed by atoms with van der Waals surface area (Å²) >= 11 is 3.42. The fourth-order valence-corrected chi connectivity index (χ4v) is 3.29. The van der Waals surface area contributed by atoms with Crippen LogP contribution < -0.4 is 10.1 Å². The third-order valence-electron chi connectivity index (χ3n) is 3.85. The van der Waals surface area contributed by atoms with E-state index < -0.39 is 18.4 Å². The number of benzene rings is 2. The molecule has 2 aromatic carbocycles. The van der Waals surface area contributed by atoms with E-state index in [2.05, 4.69) is 26.2 Å². The summed E-state index contributed by atoms with van der Waals surface area (Å²) < 4.78 is 7.84. The summed E-state index contributed by atoms with van der Waals surface area (Å²) in [5.41, 5.74) is 2.48. The molecule has 1 heterocycles. The number of carboxylic acids is 1. The molecule has 0 aliphatic heterocycles. The van der Waals surface area contributed by atoms with Crippen molar-refractivity contribution in [3.63, 3.8) is 0 Å². The highest BCUT2D eigenvalue weighted by Crippen LogP contribution is 2.35. The zero-order valence-electron chi connectivity index (χ0n) is 15.9. The minimum Gasteiger partial charge on any atom is -0.495 e. The van der Waals surface area contributed by atoms with Crippen LogP contribution in [0.2, 0.25) is 0 Å². The quantitative estimate of drug-likeness (QED) is 0.600. The van der Waals surface area contributed by atoms with E-state index in [1.54, 1.807) is 6.33 Å². The van der Waals surface area contributed by atoms with Crippen molar-refractivity contribution >= 4 is 38.8 Å². The number of halogens is 1. The minimum atomic E-state index is -1.13. The number of rotatable bonds is 6. The lowest BCUT2D eigenvalue weighted by atomic mass is 10.1. The summed E-state index contributed by atoms with van der Waals surface area (Å²) in [6, 6.07) is 11.7. The Kier molecular flexibility index (Phi) is 7.57. The average Bonchev–Trinajstić information content (AvgIpc) is 3.09. The first-order valence-corrected chi connectivity index (χ1v) is 9.55. The number of aliphatic carboxylic acids is 1. The lowest BCUT2D eigenvalue weighted by Crippen LogP contribution is -2.29. The number of nitrogens with one attached hydrogen (secondary N) is 1. The van der Waals surface area contributed by atoms with Crippen LogP contribution >= 0.6 is 15.9 Å². The van der Waals surface area contributed by atoms with E-state index in [9.17, 15) is 9.59 Å². The fourth-order valence-electron chi connectivity index (χ4n) is 2.71. The van der Waals surface area contributed by atoms with Gasteiger partial charge in [-0.2, -0.15) is 0 Å². The normalized spacial score (nSPS) is 10.1. The topological polar surface area (TPSA) is 93.5 Å². The van der Waals surface area contributed by atoms with Gasteiger partial charge in [0.25, 0.3) is 5.91 Å². The summed E-state index contributed by atoms with van der Waals surface area (Å²) in [4.78, 5) is 27.7. The van der Waals surface area contributed by atoms with Gasteiger partial charge in [0.05, 0.1) is 23.4 Å². The summed E-state index contributed by atoms with van der Waals surface area (Å²) in [6.45, 7) is 4.10. The molecule has 148 valence electrons. The first-order chi connectivity index (χ1) is 13.5. The van der Waals surface area contributed by atoms with Gasteiger partial charge in [-0.25, -0.2) is 4.98 Å². The number of methoxy groups -OCH3 is 1. The van der Waals surface area contributed by atoms with E-state index in [1.165, 1.54) is 7.11 Å². The number of nitrogens with zero attached hydrogens (tertiary/aromatic N) is 2. The van der Waals surface area contributed by atoms with Gasteiger partial charge in [0.2, 0.25) is 0 Å². The van der Waals surface area contributed by atoms with E-state index in [-0.39, 0.29) is 5.56 Å². The number of carboxylic acid groups (broad SMARTS) is 1. The molecule has 0 aliphatic rings. The van der Waals surface area contributed by atoms with Crippen LogP contribution in [0.15, 0.2) is 47.2 Å². The number of carbonyl (C=O) groups excluding carboxylic acids is 1. The van der Waals surface area contributed by atoms with Crippen molar-refractivity contribution in [1.82, 2.24) is 14.9 Å². The molecule has 3 aromatic rings. The molecule has 0 spiro atoms. The molecule has 0 unspecified atom stereocenters. The monoisotopic (exact) mass is 447 g/mol. The molecule has 2 N–H and O–H groups in total. The highest BCUT2D eigenvalue weighted by atomic mass is 79.9. The van der Waals surface area contributed by atoms with Gasteiger partial charge in [0.1, 0.15) is 23.4 Å². The molecule has 8 heteroatoms. The number of ether oxygens (including phenoxy) is 1. The Balaban J connectivity index is 0.00000136. The predicted octanol–water partition coefficient (Wildman–Crippen LogP) is 3.70. The van der Waals surface area contributed by atoms with Crippen molar-refractivity contribution in [3.05, 3.63) is 58.3 Å². The Hall–Kier alpha value is -2.87. The Bertz CT molecular complexity index is 970. The van der Waals surface area contributed by atoms with E-state index in [4.69, 9.17) is 9.84 Å². The summed E-state index contributed by atoms with van der Waals surface area (Å²) in [6.07, 6.45) is 1.65. The highest BCUT2D eigenvalue weighted by molar-refractivity contribution is 9.10. The fraction of sp³-hybridized carbons (Fsp3) is 0.250. The number of aromatic nitrogens is 2. The first kappa shape index (κ1) is 21.4. The van der Waals surface area contributed by atoms with Crippen molar-refractivity contribution < 1.29 is 19.4 Å². The second-order valence-corrected chi connectivity index (χ2v) is 6.42. The lowest BCUT2D eigenvalue weighted by Gasteiger charge is -2.12. The molecule has 0 bridgehead atoms. The number of hydrogen-bond acceptors (Lipinski definition) is 4. The van der Waals surface area contributed by atoms with E-state index in [0.717, 1.165) is 11.1 Å². The number of carbonyl (C=O) groups is 2. The molecule has 0 fully saturated rings. The molecule has 7 nitrogen and oxygen atoms in total. The SMILES string of the molecule is CC.COc1c(Br)cc2c(ncn2Cc2ccccc2)c1C(=O)NCC(=O)O. The molecular weight excluding hydrogens is 426 g/mol. The molecular formula is C20H22BrN3O4. The van der Waals surface area contributed by atoms with Crippen LogP contribution in [0, 0.1) is 0 Å². The smallest absolute Gasteiger partial charge is 0.322 e. The first-order valence-electron chi connectivity index (χ1n) is 8.76. The summed E-state index contributed by atoms with van der Waals surface area (Å²) in [5.74, 6) is -1.37. The maximum absolute atomic E-state index is 12.5. The van der Waals surface area contributed by atoms with Crippen LogP contribution in [0.3, 0.4) is 0 Å². The Labute approximate surface area is 171 Å². The van der Waals surface area contributed by atoms with Gasteiger partial charge in [-0.3, -0.25) is 9.59 Å². The summed E-state index contributed by atoms with van der Waals surface area (Å²) in [5, 5.41) is 11.2. The Morgan fingerprint density at radius 1 is 1.25 bits per heavy atom. The van der Waals surface area contributed by atoms with Crippen LogP contribution in [-0.4, -0.2) is 40.2 Å². The van der Waals surface area contributed by atoms with Gasteiger partial charge >= 0.3 is 5.97 Å². The third-order valence-corrected chi connectivity index (χ3v) is 4.44. The largest absolute Gasteiger partial charge is 0.495 e. The van der Waals surface area contributed by atoms with Crippen molar-refractivity contribution in [1.29, 1.82) is 0 Å². The number of imidazole rings is 1. The van der Waals surface area contributed by atoms with Gasteiger partial charge in [-0.15, -0.1) is 0 Å². The lowest BCUT2D eigenvalue weighted by molar-refractivity contribution is -0.135. The van der Waals surface area contributed by atoms with Crippen molar-refractivity contribution in [2.75, 3.05) is 13.7 Å². The second-order valence-electron chi connectivity index (χ2n) is 5.57. The third kappa shape index (κ3) is 4.69. The molecule has 0 aliphatic carbocycles. The van der Waals surface area contributed by atoms with E-state index in [0.29, 0.717) is 22.3 Å². The predicted molar refractivity (Wildman–Crippen MR) is 111 cm³/mol. The zero-order valence-corrected chi connectivity index (χ0v) is 17.5. The van der Waals surface area contributed by atoms with Gasteiger partial charge < -0.3 is 19.7 Å². The standard InChI is InChI=1S/C18H16BrN3O4.C2H6/c1-26-17-12(19)7-13-16(15(17)18(25)20-8-14(23)24)21-10-22(13)9-11-5-3-2-4-6-11;1-2/h2-7,10H,8-9H2,1H3,(H,20,25)(H,23,24);1-2H3. The minimum absolute atomic E-state index is 0.199. The van der Waals surface area contributed by atoms with Crippen molar-refractivity contribution in [2.45, 2.75) is 20.4 Å².